The zero-order chi connectivity index (χ0) is 24.7. The summed E-state index contributed by atoms with van der Waals surface area (Å²) in [6.45, 7) is 1.89. The predicted molar refractivity (Wildman–Crippen MR) is 134 cm³/mol. The molecule has 3 aromatic carbocycles. The lowest BCUT2D eigenvalue weighted by Gasteiger charge is -2.26. The van der Waals surface area contributed by atoms with Gasteiger partial charge in [0.05, 0.1) is 31.4 Å². The maximum Gasteiger partial charge on any atom is 0.300 e. The Bertz CT molecular complexity index is 1500. The van der Waals surface area contributed by atoms with Crippen molar-refractivity contribution in [3.63, 3.8) is 0 Å². The quantitative estimate of drug-likeness (QED) is 0.241. The van der Waals surface area contributed by atoms with E-state index in [-0.39, 0.29) is 11.3 Å². The molecule has 0 saturated carbocycles. The molecule has 1 aliphatic heterocycles. The summed E-state index contributed by atoms with van der Waals surface area (Å²) in [5.41, 5.74) is 3.21. The molecule has 0 bridgehead atoms. The first kappa shape index (κ1) is 22.3. The van der Waals surface area contributed by atoms with Gasteiger partial charge in [-0.3, -0.25) is 14.5 Å². The highest BCUT2D eigenvalue weighted by Crippen LogP contribution is 2.46. The van der Waals surface area contributed by atoms with Gasteiger partial charge in [-0.1, -0.05) is 36.4 Å². The van der Waals surface area contributed by atoms with Gasteiger partial charge in [0, 0.05) is 33.9 Å². The number of methoxy groups -OCH3 is 2. The third-order valence-corrected chi connectivity index (χ3v) is 6.35. The number of benzene rings is 3. The molecular weight excluding hydrogens is 444 g/mol. The van der Waals surface area contributed by atoms with Crippen LogP contribution in [0.2, 0.25) is 0 Å². The molecule has 4 aromatic rings. The molecular formula is C28H24N2O5. The van der Waals surface area contributed by atoms with E-state index in [2.05, 4.69) is 4.98 Å². The van der Waals surface area contributed by atoms with Crippen LogP contribution in [0.5, 0.6) is 11.5 Å². The van der Waals surface area contributed by atoms with Crippen LogP contribution in [-0.2, 0) is 9.59 Å². The number of Topliss-reactive ketones (excluding diaryl/α,β-unsaturated/α-hetero) is 1. The Balaban J connectivity index is 1.83. The number of carbonyl (C=O) groups is 2. The third-order valence-electron chi connectivity index (χ3n) is 6.35. The maximum absolute atomic E-state index is 13.5. The van der Waals surface area contributed by atoms with Gasteiger partial charge in [0.15, 0.2) is 0 Å². The predicted octanol–water partition coefficient (Wildman–Crippen LogP) is 5.12. The van der Waals surface area contributed by atoms with Crippen LogP contribution in [0.4, 0.5) is 5.69 Å². The number of ketones is 1. The molecule has 1 aromatic heterocycles. The van der Waals surface area contributed by atoms with Gasteiger partial charge in [0.25, 0.3) is 11.7 Å². The molecule has 1 atom stereocenters. The Hall–Kier alpha value is -4.52. The molecule has 5 rings (SSSR count). The molecule has 35 heavy (non-hydrogen) atoms. The summed E-state index contributed by atoms with van der Waals surface area (Å²) in [7, 11) is 3.03. The van der Waals surface area contributed by atoms with Crippen LogP contribution in [-0.4, -0.2) is 36.0 Å². The first-order chi connectivity index (χ1) is 17.0. The summed E-state index contributed by atoms with van der Waals surface area (Å²) in [5.74, 6) is -0.855. The average Bonchev–Trinajstić information content (AvgIpc) is 3.35. The normalized spacial score (nSPS) is 17.2. The number of amides is 1. The first-order valence-corrected chi connectivity index (χ1v) is 11.1. The summed E-state index contributed by atoms with van der Waals surface area (Å²) in [6, 6.07) is 20.6. The van der Waals surface area contributed by atoms with Gasteiger partial charge in [-0.15, -0.1) is 0 Å². The molecule has 0 radical (unpaired) electrons. The van der Waals surface area contributed by atoms with Crippen molar-refractivity contribution in [2.75, 3.05) is 19.1 Å². The molecule has 0 aliphatic carbocycles. The fourth-order valence-corrected chi connectivity index (χ4v) is 4.77. The van der Waals surface area contributed by atoms with Gasteiger partial charge in [-0.2, -0.15) is 0 Å². The molecule has 0 spiro atoms. The van der Waals surface area contributed by atoms with E-state index in [1.54, 1.807) is 48.5 Å². The number of para-hydroxylation sites is 2. The van der Waals surface area contributed by atoms with Crippen LogP contribution >= 0.6 is 0 Å². The zero-order valence-electron chi connectivity index (χ0n) is 19.5. The number of aliphatic hydroxyl groups excluding tert-OH is 1. The highest BCUT2D eigenvalue weighted by atomic mass is 16.5. The monoisotopic (exact) mass is 468 g/mol. The Labute approximate surface area is 202 Å². The van der Waals surface area contributed by atoms with Crippen LogP contribution in [0.15, 0.2) is 78.4 Å². The number of aromatic amines is 1. The second kappa shape index (κ2) is 8.68. The fourth-order valence-electron chi connectivity index (χ4n) is 4.77. The minimum Gasteiger partial charge on any atom is -0.507 e. The maximum atomic E-state index is 13.5. The summed E-state index contributed by atoms with van der Waals surface area (Å²) in [5, 5.41) is 12.3. The van der Waals surface area contributed by atoms with Crippen molar-refractivity contribution in [3.8, 4) is 11.5 Å². The molecule has 2 N–H and O–H groups in total. The van der Waals surface area contributed by atoms with Crippen molar-refractivity contribution in [2.24, 2.45) is 0 Å². The number of hydrogen-bond donors (Lipinski definition) is 2. The molecule has 7 nitrogen and oxygen atoms in total. The SMILES string of the molecule is COc1cccc(N2C(=O)C(=O)/C(=C(/O)c3ccccc3OC)C2c2c(C)[nH]c3ccccc23)c1. The number of anilines is 1. The standard InChI is InChI=1S/C28H24N2O5/c1-16-23(19-11-4-6-13-21(19)29-16)25-24(26(31)20-12-5-7-14-22(20)35-3)27(32)28(33)30(25)17-9-8-10-18(15-17)34-2/h4-15,25,29,31H,1-3H3/b26-24+. The summed E-state index contributed by atoms with van der Waals surface area (Å²) >= 11 is 0. The van der Waals surface area contributed by atoms with Crippen LogP contribution in [0.1, 0.15) is 22.9 Å². The number of carbonyl (C=O) groups excluding carboxylic acids is 2. The lowest BCUT2D eigenvalue weighted by Crippen LogP contribution is -2.29. The molecule has 1 aliphatic rings. The van der Waals surface area contributed by atoms with E-state index in [1.165, 1.54) is 19.1 Å². The lowest BCUT2D eigenvalue weighted by atomic mass is 9.93. The molecule has 1 saturated heterocycles. The average molecular weight is 469 g/mol. The van der Waals surface area contributed by atoms with Crippen LogP contribution in [0, 0.1) is 6.92 Å². The smallest absolute Gasteiger partial charge is 0.300 e. The van der Waals surface area contributed by atoms with Crippen molar-refractivity contribution in [1.29, 1.82) is 0 Å². The second-order valence-electron chi connectivity index (χ2n) is 8.28. The number of nitrogens with zero attached hydrogens (tertiary/aromatic N) is 1. The first-order valence-electron chi connectivity index (χ1n) is 11.1. The van der Waals surface area contributed by atoms with Gasteiger partial charge in [-0.05, 0) is 37.3 Å². The van der Waals surface area contributed by atoms with Crippen molar-refractivity contribution in [2.45, 2.75) is 13.0 Å². The second-order valence-corrected chi connectivity index (χ2v) is 8.28. The lowest BCUT2D eigenvalue weighted by molar-refractivity contribution is -0.132. The molecule has 1 amide bonds. The number of ether oxygens (including phenoxy) is 2. The highest BCUT2D eigenvalue weighted by Gasteiger charge is 2.48. The summed E-state index contributed by atoms with van der Waals surface area (Å²) in [4.78, 5) is 31.8. The number of rotatable bonds is 5. The Kier molecular flexibility index (Phi) is 5.53. The van der Waals surface area contributed by atoms with Crippen molar-refractivity contribution < 1.29 is 24.2 Å². The highest BCUT2D eigenvalue weighted by molar-refractivity contribution is 6.52. The van der Waals surface area contributed by atoms with Gasteiger partial charge in [-0.25, -0.2) is 0 Å². The Morgan fingerprint density at radius 2 is 1.69 bits per heavy atom. The van der Waals surface area contributed by atoms with E-state index in [1.807, 2.05) is 31.2 Å². The number of nitrogens with one attached hydrogen (secondary N) is 1. The van der Waals surface area contributed by atoms with E-state index in [9.17, 15) is 14.7 Å². The van der Waals surface area contributed by atoms with E-state index < -0.39 is 17.7 Å². The topological polar surface area (TPSA) is 91.9 Å². The minimum atomic E-state index is -0.872. The number of H-pyrrole nitrogens is 1. The van der Waals surface area contributed by atoms with Crippen molar-refractivity contribution in [1.82, 2.24) is 4.98 Å². The van der Waals surface area contributed by atoms with E-state index in [4.69, 9.17) is 9.47 Å². The van der Waals surface area contributed by atoms with Gasteiger partial charge < -0.3 is 19.6 Å². The van der Waals surface area contributed by atoms with E-state index in [0.29, 0.717) is 22.7 Å². The van der Waals surface area contributed by atoms with Crippen molar-refractivity contribution in [3.05, 3.63) is 95.2 Å². The number of aliphatic hydroxyl groups is 1. The number of fused-ring (bicyclic) bond motifs is 1. The van der Waals surface area contributed by atoms with Gasteiger partial charge in [0.2, 0.25) is 0 Å². The van der Waals surface area contributed by atoms with Crippen LogP contribution in [0.25, 0.3) is 16.7 Å². The fraction of sp³-hybridized carbons (Fsp3) is 0.143. The molecule has 1 unspecified atom stereocenters. The molecule has 2 heterocycles. The molecule has 1 fully saturated rings. The van der Waals surface area contributed by atoms with Crippen molar-refractivity contribution >= 4 is 34.0 Å². The Morgan fingerprint density at radius 1 is 0.943 bits per heavy atom. The Morgan fingerprint density at radius 3 is 2.46 bits per heavy atom. The third kappa shape index (κ3) is 3.52. The largest absolute Gasteiger partial charge is 0.507 e. The van der Waals surface area contributed by atoms with E-state index >= 15 is 0 Å². The minimum absolute atomic E-state index is 0.00447. The van der Waals surface area contributed by atoms with Crippen LogP contribution in [0.3, 0.4) is 0 Å². The number of aromatic nitrogens is 1. The summed E-state index contributed by atoms with van der Waals surface area (Å²) in [6.07, 6.45) is 0. The van der Waals surface area contributed by atoms with E-state index in [0.717, 1.165) is 22.2 Å². The van der Waals surface area contributed by atoms with Crippen LogP contribution < -0.4 is 14.4 Å². The summed E-state index contributed by atoms with van der Waals surface area (Å²) < 4.78 is 10.8. The molecule has 7 heteroatoms. The number of hydrogen-bond acceptors (Lipinski definition) is 5. The van der Waals surface area contributed by atoms with Gasteiger partial charge in [0.1, 0.15) is 17.3 Å². The zero-order valence-corrected chi connectivity index (χ0v) is 19.5. The number of aryl methyl sites for hydroxylation is 1. The molecule has 176 valence electrons. The van der Waals surface area contributed by atoms with Gasteiger partial charge >= 0.3 is 0 Å².